The number of anilines is 1. The van der Waals surface area contributed by atoms with E-state index in [1.165, 1.54) is 19.1 Å². The van der Waals surface area contributed by atoms with Crippen molar-refractivity contribution < 1.29 is 43.2 Å². The molecule has 4 bridgehead atoms. The number of halogens is 1. The first-order valence-corrected chi connectivity index (χ1v) is 15.3. The summed E-state index contributed by atoms with van der Waals surface area (Å²) in [6.45, 7) is 7.17. The average molecular weight is 650 g/mol. The summed E-state index contributed by atoms with van der Waals surface area (Å²) in [4.78, 5) is 40.9. The second kappa shape index (κ2) is 13.7. The van der Waals surface area contributed by atoms with E-state index in [4.69, 9.17) is 35.3 Å². The first-order chi connectivity index (χ1) is 21.2. The van der Waals surface area contributed by atoms with Crippen molar-refractivity contribution >= 4 is 35.3 Å². The predicted octanol–water partition coefficient (Wildman–Crippen LogP) is 3.28. The van der Waals surface area contributed by atoms with Gasteiger partial charge in [-0.15, -0.1) is 0 Å². The first kappa shape index (κ1) is 34.7. The molecule has 0 aromatic heterocycles. The number of allylic oxidation sites excluding steroid dienone is 3. The van der Waals surface area contributed by atoms with Crippen LogP contribution in [0.15, 0.2) is 35.9 Å². The van der Waals surface area contributed by atoms with Crippen LogP contribution in [0.25, 0.3) is 0 Å². The van der Waals surface area contributed by atoms with E-state index >= 15 is 0 Å². The number of ether oxygens (including phenoxy) is 5. The first-order valence-electron chi connectivity index (χ1n) is 14.9. The van der Waals surface area contributed by atoms with Gasteiger partial charge in [-0.2, -0.15) is 0 Å². The molecule has 248 valence electrons. The quantitative estimate of drug-likeness (QED) is 0.321. The van der Waals surface area contributed by atoms with Crippen molar-refractivity contribution in [3.63, 3.8) is 0 Å². The molecule has 0 aliphatic carbocycles. The fourth-order valence-corrected chi connectivity index (χ4v) is 6.28. The lowest BCUT2D eigenvalue weighted by Gasteiger charge is -2.42. The maximum Gasteiger partial charge on any atom is 0.409 e. The lowest BCUT2D eigenvalue weighted by Crippen LogP contribution is -2.63. The molecule has 3 N–H and O–H groups in total. The maximum atomic E-state index is 13.8. The molecule has 13 heteroatoms. The Morgan fingerprint density at radius 2 is 2.00 bits per heavy atom. The van der Waals surface area contributed by atoms with E-state index < -0.39 is 59.8 Å². The lowest BCUT2D eigenvalue weighted by molar-refractivity contribution is -0.155. The summed E-state index contributed by atoms with van der Waals surface area (Å²) < 4.78 is 28.8. The number of hydrogen-bond acceptors (Lipinski definition) is 10. The standard InChI is InChI=1S/C32H44ClN3O9/c1-17-10-9-11-24(42-8)32(40)16-23(43-30(39)35-32)18(2)28-31(4,45-28)25(44-29(38)19(3)34-5)15-26(37)36(6)21-13-20(12-17)14-22(41-7)27(21)33/h9-11,13-14,18-19,23-25,28,34,40H,12,15-16H2,1-8H3,(H,35,39)/b11-9+,17-10+/t18-,19-,23-,24+,25-,28+,31-,32-/m0/s1. The number of fused-ring (bicyclic) bond motifs is 5. The average Bonchev–Trinajstić information content (AvgIpc) is 3.69. The highest BCUT2D eigenvalue weighted by Crippen LogP contribution is 2.49. The normalized spacial score (nSPS) is 34.8. The molecule has 3 aliphatic heterocycles. The van der Waals surface area contributed by atoms with Crippen molar-refractivity contribution in [2.45, 2.75) is 88.7 Å². The van der Waals surface area contributed by atoms with Crippen molar-refractivity contribution in [1.29, 1.82) is 0 Å². The molecule has 12 nitrogen and oxygen atoms in total. The number of nitrogens with one attached hydrogen (secondary N) is 2. The highest BCUT2D eigenvalue weighted by atomic mass is 35.5. The number of amides is 2. The van der Waals surface area contributed by atoms with Crippen LogP contribution in [0, 0.1) is 5.92 Å². The van der Waals surface area contributed by atoms with Crippen LogP contribution >= 0.6 is 11.6 Å². The molecule has 2 amide bonds. The Bertz CT molecular complexity index is 1370. The maximum absolute atomic E-state index is 13.8. The minimum Gasteiger partial charge on any atom is -0.495 e. The molecule has 0 unspecified atom stereocenters. The summed E-state index contributed by atoms with van der Waals surface area (Å²) in [5.74, 6) is -0.974. The monoisotopic (exact) mass is 649 g/mol. The Balaban J connectivity index is 1.80. The van der Waals surface area contributed by atoms with Crippen molar-refractivity contribution in [2.75, 3.05) is 33.2 Å². The van der Waals surface area contributed by atoms with E-state index in [1.807, 2.05) is 26.0 Å². The van der Waals surface area contributed by atoms with E-state index in [1.54, 1.807) is 46.2 Å². The molecule has 0 saturated carbocycles. The third-order valence-electron chi connectivity index (χ3n) is 9.00. The minimum atomic E-state index is -1.78. The number of hydrogen-bond donors (Lipinski definition) is 3. The van der Waals surface area contributed by atoms with Gasteiger partial charge in [0.1, 0.15) is 40.7 Å². The minimum absolute atomic E-state index is 0.00553. The van der Waals surface area contributed by atoms with Gasteiger partial charge >= 0.3 is 12.1 Å². The highest BCUT2D eigenvalue weighted by Gasteiger charge is 2.64. The molecule has 1 aromatic carbocycles. The number of carbonyl (C=O) groups is 3. The zero-order valence-corrected chi connectivity index (χ0v) is 27.8. The van der Waals surface area contributed by atoms with Gasteiger partial charge in [0.15, 0.2) is 5.72 Å². The Kier molecular flexibility index (Phi) is 10.6. The van der Waals surface area contributed by atoms with Crippen LogP contribution in [0.5, 0.6) is 5.75 Å². The SMILES string of the molecule is CN[C@@H](C)C(=O)O[C@H]1CC(=O)N(C)c2cc(cc(OC)c2Cl)C/C(C)=C/C=C/[C@@H](OC)[C@@]2(O)C[C@H](OC(=O)N2)[C@H](C)[C@H]2O[C@@]12C. The Morgan fingerprint density at radius 1 is 1.29 bits per heavy atom. The third-order valence-corrected chi connectivity index (χ3v) is 9.38. The van der Waals surface area contributed by atoms with E-state index in [9.17, 15) is 19.5 Å². The number of alkyl carbamates (subject to hydrolysis) is 1. The number of carbonyl (C=O) groups excluding carboxylic acids is 3. The van der Waals surface area contributed by atoms with Gasteiger partial charge in [-0.3, -0.25) is 14.9 Å². The number of epoxide rings is 1. The second-order valence-corrected chi connectivity index (χ2v) is 12.6. The van der Waals surface area contributed by atoms with Crippen LogP contribution in [0.4, 0.5) is 10.5 Å². The smallest absolute Gasteiger partial charge is 0.409 e. The number of methoxy groups -OCH3 is 2. The van der Waals surface area contributed by atoms with Gasteiger partial charge < -0.3 is 39.0 Å². The Hall–Kier alpha value is -3.16. The van der Waals surface area contributed by atoms with Crippen LogP contribution in [-0.2, 0) is 35.0 Å². The molecular formula is C32H44ClN3O9. The number of esters is 1. The van der Waals surface area contributed by atoms with Crippen molar-refractivity contribution in [3.05, 3.63) is 46.5 Å². The van der Waals surface area contributed by atoms with Gasteiger partial charge in [0.2, 0.25) is 5.91 Å². The highest BCUT2D eigenvalue weighted by molar-refractivity contribution is 6.35. The lowest BCUT2D eigenvalue weighted by atomic mass is 9.83. The van der Waals surface area contributed by atoms with Gasteiger partial charge in [0.25, 0.3) is 0 Å². The van der Waals surface area contributed by atoms with Crippen LogP contribution < -0.4 is 20.3 Å². The van der Waals surface area contributed by atoms with Crippen LogP contribution in [-0.4, -0.2) is 93.2 Å². The van der Waals surface area contributed by atoms with E-state index in [-0.39, 0.29) is 23.8 Å². The molecule has 0 spiro atoms. The third kappa shape index (κ3) is 7.30. The van der Waals surface area contributed by atoms with Gasteiger partial charge in [-0.05, 0) is 51.9 Å². The molecule has 3 heterocycles. The second-order valence-electron chi connectivity index (χ2n) is 12.2. The number of rotatable bonds is 5. The zero-order chi connectivity index (χ0) is 33.3. The van der Waals surface area contributed by atoms with Crippen LogP contribution in [0.3, 0.4) is 0 Å². The Morgan fingerprint density at radius 3 is 2.64 bits per heavy atom. The summed E-state index contributed by atoms with van der Waals surface area (Å²) in [7, 11) is 6.18. The largest absolute Gasteiger partial charge is 0.495 e. The molecule has 2 fully saturated rings. The van der Waals surface area contributed by atoms with Crippen LogP contribution in [0.1, 0.15) is 46.1 Å². The number of nitrogens with zero attached hydrogens (tertiary/aromatic N) is 1. The van der Waals surface area contributed by atoms with Crippen molar-refractivity contribution in [1.82, 2.24) is 10.6 Å². The number of aliphatic hydroxyl groups is 1. The summed E-state index contributed by atoms with van der Waals surface area (Å²) in [6.07, 6.45) is 1.52. The number of likely N-dealkylation sites (N-methyl/N-ethyl adjacent to an activating group) is 1. The van der Waals surface area contributed by atoms with Gasteiger partial charge in [0.05, 0.1) is 25.3 Å². The van der Waals surface area contributed by atoms with Crippen LogP contribution in [0.2, 0.25) is 5.02 Å². The van der Waals surface area contributed by atoms with Gasteiger partial charge in [-0.1, -0.05) is 42.3 Å². The van der Waals surface area contributed by atoms with Gasteiger partial charge in [0, 0.05) is 26.5 Å². The molecule has 45 heavy (non-hydrogen) atoms. The van der Waals surface area contributed by atoms with Crippen molar-refractivity contribution in [3.8, 4) is 5.75 Å². The molecule has 2 saturated heterocycles. The fourth-order valence-electron chi connectivity index (χ4n) is 5.97. The Labute approximate surface area is 269 Å². The summed E-state index contributed by atoms with van der Waals surface area (Å²) in [5, 5.41) is 17.2. The molecule has 0 radical (unpaired) electrons. The molecule has 3 aliphatic rings. The van der Waals surface area contributed by atoms with E-state index in [0.717, 1.165) is 11.1 Å². The number of benzene rings is 1. The topological polar surface area (TPSA) is 148 Å². The van der Waals surface area contributed by atoms with Crippen molar-refractivity contribution in [2.24, 2.45) is 5.92 Å². The molecule has 8 atom stereocenters. The molecule has 1 aromatic rings. The van der Waals surface area contributed by atoms with E-state index in [0.29, 0.717) is 17.9 Å². The fraction of sp³-hybridized carbons (Fsp3) is 0.594. The summed E-state index contributed by atoms with van der Waals surface area (Å²) in [5.41, 5.74) is -0.646. The van der Waals surface area contributed by atoms with Gasteiger partial charge in [-0.25, -0.2) is 4.79 Å². The van der Waals surface area contributed by atoms with E-state index in [2.05, 4.69) is 10.6 Å². The predicted molar refractivity (Wildman–Crippen MR) is 167 cm³/mol. The molecular weight excluding hydrogens is 606 g/mol. The molecule has 4 rings (SSSR count). The summed E-state index contributed by atoms with van der Waals surface area (Å²) in [6, 6.07) is 2.99. The zero-order valence-electron chi connectivity index (χ0n) is 27.0. The summed E-state index contributed by atoms with van der Waals surface area (Å²) >= 11 is 6.69.